The van der Waals surface area contributed by atoms with Crippen molar-refractivity contribution < 1.29 is 8.42 Å². The lowest BCUT2D eigenvalue weighted by molar-refractivity contribution is 0.554. The Hall–Kier alpha value is -3.25. The molecule has 30 heavy (non-hydrogen) atoms. The molecule has 1 heterocycles. The number of nitrogens with zero attached hydrogens (tertiary/aromatic N) is 2. The van der Waals surface area contributed by atoms with Crippen LogP contribution >= 0.6 is 11.3 Å². The summed E-state index contributed by atoms with van der Waals surface area (Å²) in [5.41, 5.74) is 8.32. The van der Waals surface area contributed by atoms with Gasteiger partial charge in [-0.05, 0) is 54.4 Å². The molecular formula is C22H18N4O2S2. The smallest absolute Gasteiger partial charge is 0.241 e. The van der Waals surface area contributed by atoms with Crippen LogP contribution in [0.1, 0.15) is 22.2 Å². The number of anilines is 1. The summed E-state index contributed by atoms with van der Waals surface area (Å²) in [7, 11) is -3.83. The number of aromatic nitrogens is 1. The molecule has 0 fully saturated rings. The van der Waals surface area contributed by atoms with Crippen molar-refractivity contribution in [3.05, 3.63) is 88.9 Å². The van der Waals surface area contributed by atoms with E-state index in [0.717, 1.165) is 15.8 Å². The Morgan fingerprint density at radius 3 is 2.63 bits per heavy atom. The number of sulfonamides is 1. The average molecular weight is 435 g/mol. The molecule has 0 saturated carbocycles. The van der Waals surface area contributed by atoms with Crippen molar-refractivity contribution in [1.29, 1.82) is 5.26 Å². The quantitative estimate of drug-likeness (QED) is 0.446. The highest BCUT2D eigenvalue weighted by Gasteiger charge is 2.25. The van der Waals surface area contributed by atoms with E-state index < -0.39 is 16.1 Å². The summed E-state index contributed by atoms with van der Waals surface area (Å²) in [4.78, 5) is 4.75. The number of nitrogen functional groups attached to an aromatic ring is 1. The molecule has 4 aromatic rings. The molecule has 0 spiro atoms. The van der Waals surface area contributed by atoms with Crippen LogP contribution < -0.4 is 10.5 Å². The lowest BCUT2D eigenvalue weighted by atomic mass is 10.0. The number of rotatable bonds is 6. The summed E-state index contributed by atoms with van der Waals surface area (Å²) < 4.78 is 29.9. The number of fused-ring (bicyclic) bond motifs is 1. The minimum Gasteiger partial charge on any atom is -0.399 e. The van der Waals surface area contributed by atoms with Gasteiger partial charge in [0.25, 0.3) is 0 Å². The van der Waals surface area contributed by atoms with E-state index in [9.17, 15) is 13.7 Å². The van der Waals surface area contributed by atoms with Crippen molar-refractivity contribution in [3.8, 4) is 6.07 Å². The molecule has 8 heteroatoms. The molecule has 0 aliphatic heterocycles. The van der Waals surface area contributed by atoms with Crippen LogP contribution in [0.2, 0.25) is 0 Å². The van der Waals surface area contributed by atoms with Crippen LogP contribution in [0.5, 0.6) is 0 Å². The standard InChI is InChI=1S/C22H18N4O2S2/c23-14-16-6-3-5-15(11-16)12-20(22-25-19-9-1-2-10-21(19)29-22)26-30(27,28)18-8-4-7-17(24)13-18/h1-11,13,20,26H,12,24H2. The monoisotopic (exact) mass is 434 g/mol. The summed E-state index contributed by atoms with van der Waals surface area (Å²) in [5, 5.41) is 9.84. The molecular weight excluding hydrogens is 416 g/mol. The zero-order chi connectivity index (χ0) is 21.1. The third-order valence-corrected chi connectivity index (χ3v) is 7.19. The number of para-hydroxylation sites is 1. The number of hydrogen-bond donors (Lipinski definition) is 2. The predicted molar refractivity (Wildman–Crippen MR) is 118 cm³/mol. The van der Waals surface area contributed by atoms with E-state index in [1.165, 1.54) is 23.5 Å². The normalized spacial score (nSPS) is 12.5. The molecule has 3 aromatic carbocycles. The Morgan fingerprint density at radius 1 is 1.07 bits per heavy atom. The van der Waals surface area contributed by atoms with Gasteiger partial charge in [0.2, 0.25) is 10.0 Å². The first-order chi connectivity index (χ1) is 14.4. The summed E-state index contributed by atoms with van der Waals surface area (Å²) in [6, 6.07) is 22.5. The Balaban J connectivity index is 1.73. The van der Waals surface area contributed by atoms with Gasteiger partial charge in [0.1, 0.15) is 5.01 Å². The van der Waals surface area contributed by atoms with Gasteiger partial charge in [0.15, 0.2) is 0 Å². The Kier molecular flexibility index (Phi) is 5.50. The van der Waals surface area contributed by atoms with Crippen molar-refractivity contribution in [2.45, 2.75) is 17.4 Å². The van der Waals surface area contributed by atoms with Crippen LogP contribution in [0, 0.1) is 11.3 Å². The SMILES string of the molecule is N#Cc1cccc(CC(NS(=O)(=O)c2cccc(N)c2)c2nc3ccccc3s2)c1. The second-order valence-electron chi connectivity index (χ2n) is 6.78. The number of thiazole rings is 1. The van der Waals surface area contributed by atoms with Crippen LogP contribution in [0.3, 0.4) is 0 Å². The largest absolute Gasteiger partial charge is 0.399 e. The van der Waals surface area contributed by atoms with Gasteiger partial charge in [-0.25, -0.2) is 18.1 Å². The van der Waals surface area contributed by atoms with Gasteiger partial charge >= 0.3 is 0 Å². The summed E-state index contributed by atoms with van der Waals surface area (Å²) in [5.74, 6) is 0. The van der Waals surface area contributed by atoms with E-state index in [1.54, 1.807) is 30.3 Å². The first kappa shape index (κ1) is 20.0. The average Bonchev–Trinajstić information content (AvgIpc) is 3.18. The lowest BCUT2D eigenvalue weighted by Gasteiger charge is -2.17. The fraction of sp³-hybridized carbons (Fsp3) is 0.0909. The van der Waals surface area contributed by atoms with E-state index in [4.69, 9.17) is 5.73 Å². The third-order valence-electron chi connectivity index (χ3n) is 4.57. The Morgan fingerprint density at radius 2 is 1.87 bits per heavy atom. The van der Waals surface area contributed by atoms with Crippen molar-refractivity contribution in [2.24, 2.45) is 0 Å². The Bertz CT molecular complexity index is 1320. The molecule has 6 nitrogen and oxygen atoms in total. The van der Waals surface area contributed by atoms with Gasteiger partial charge in [-0.3, -0.25) is 0 Å². The molecule has 0 saturated heterocycles. The highest BCUT2D eigenvalue weighted by atomic mass is 32.2. The van der Waals surface area contributed by atoms with Gasteiger partial charge in [-0.2, -0.15) is 5.26 Å². The molecule has 150 valence electrons. The number of nitrogens with two attached hydrogens (primary N) is 1. The molecule has 1 aromatic heterocycles. The van der Waals surface area contributed by atoms with Crippen LogP contribution in [0.15, 0.2) is 77.7 Å². The first-order valence-corrected chi connectivity index (χ1v) is 11.5. The zero-order valence-electron chi connectivity index (χ0n) is 15.8. The van der Waals surface area contributed by atoms with E-state index in [1.807, 2.05) is 30.3 Å². The maximum absolute atomic E-state index is 13.1. The molecule has 0 radical (unpaired) electrons. The molecule has 0 bridgehead atoms. The van der Waals surface area contributed by atoms with Crippen LogP contribution in [-0.4, -0.2) is 13.4 Å². The van der Waals surface area contributed by atoms with Gasteiger partial charge < -0.3 is 5.73 Å². The van der Waals surface area contributed by atoms with Gasteiger partial charge in [0.05, 0.1) is 32.8 Å². The number of hydrogen-bond acceptors (Lipinski definition) is 6. The Labute approximate surface area is 178 Å². The second-order valence-corrected chi connectivity index (χ2v) is 9.56. The van der Waals surface area contributed by atoms with E-state index in [0.29, 0.717) is 22.7 Å². The minimum absolute atomic E-state index is 0.0967. The van der Waals surface area contributed by atoms with Crippen molar-refractivity contribution in [3.63, 3.8) is 0 Å². The molecule has 1 atom stereocenters. The van der Waals surface area contributed by atoms with Crippen molar-refractivity contribution >= 4 is 37.3 Å². The molecule has 3 N–H and O–H groups in total. The highest BCUT2D eigenvalue weighted by molar-refractivity contribution is 7.89. The van der Waals surface area contributed by atoms with E-state index in [2.05, 4.69) is 15.8 Å². The number of nitrogens with one attached hydrogen (secondary N) is 1. The zero-order valence-corrected chi connectivity index (χ0v) is 17.5. The van der Waals surface area contributed by atoms with Gasteiger partial charge in [0, 0.05) is 5.69 Å². The summed E-state index contributed by atoms with van der Waals surface area (Å²) in [6.45, 7) is 0. The summed E-state index contributed by atoms with van der Waals surface area (Å²) in [6.07, 6.45) is 0.358. The number of benzene rings is 3. The van der Waals surface area contributed by atoms with Gasteiger partial charge in [-0.15, -0.1) is 11.3 Å². The molecule has 1 unspecified atom stereocenters. The molecule has 0 aliphatic carbocycles. The second kappa shape index (κ2) is 8.24. The fourth-order valence-electron chi connectivity index (χ4n) is 3.16. The topological polar surface area (TPSA) is 109 Å². The van der Waals surface area contributed by atoms with Crippen LogP contribution in [0.4, 0.5) is 5.69 Å². The van der Waals surface area contributed by atoms with Crippen molar-refractivity contribution in [2.75, 3.05) is 5.73 Å². The van der Waals surface area contributed by atoms with Crippen LogP contribution in [0.25, 0.3) is 10.2 Å². The molecule has 4 rings (SSSR count). The highest BCUT2D eigenvalue weighted by Crippen LogP contribution is 2.30. The first-order valence-electron chi connectivity index (χ1n) is 9.17. The molecule has 0 aliphatic rings. The predicted octanol–water partition coefficient (Wildman–Crippen LogP) is 4.01. The van der Waals surface area contributed by atoms with E-state index >= 15 is 0 Å². The fourth-order valence-corrected chi connectivity index (χ4v) is 5.51. The van der Waals surface area contributed by atoms with Crippen LogP contribution in [-0.2, 0) is 16.4 Å². The minimum atomic E-state index is -3.83. The summed E-state index contributed by atoms with van der Waals surface area (Å²) >= 11 is 1.45. The third kappa shape index (κ3) is 4.33. The number of nitriles is 1. The maximum Gasteiger partial charge on any atom is 0.241 e. The van der Waals surface area contributed by atoms with E-state index in [-0.39, 0.29) is 4.90 Å². The molecule has 0 amide bonds. The maximum atomic E-state index is 13.1. The van der Waals surface area contributed by atoms with Gasteiger partial charge in [-0.1, -0.05) is 30.3 Å². The van der Waals surface area contributed by atoms with Crippen molar-refractivity contribution in [1.82, 2.24) is 9.71 Å². The lowest BCUT2D eigenvalue weighted by Crippen LogP contribution is -2.30.